The number of methoxy groups -OCH3 is 1. The molecular weight excluding hydrogens is 186 g/mol. The highest BCUT2D eigenvalue weighted by Gasteiger charge is 2.02. The van der Waals surface area contributed by atoms with Crippen molar-refractivity contribution in [2.45, 2.75) is 20.4 Å². The first kappa shape index (κ1) is 12.3. The molecule has 0 saturated heterocycles. The normalized spacial score (nSPS) is 9.23. The third kappa shape index (κ3) is 2.61. The standard InChI is InChI=1S/C10H15NO.ClH/c1-7-4-9(6-11)10(12-3)5-8(7)2;/h4-5H,6,11H2,1-3H3;1H. The molecule has 0 saturated carbocycles. The molecule has 3 heteroatoms. The molecule has 0 aromatic heterocycles. The summed E-state index contributed by atoms with van der Waals surface area (Å²) in [5.41, 5.74) is 9.14. The SMILES string of the molecule is COc1cc(C)c(C)cc1CN.Cl. The van der Waals surface area contributed by atoms with Crippen LogP contribution in [0.5, 0.6) is 5.75 Å². The highest BCUT2D eigenvalue weighted by molar-refractivity contribution is 5.85. The Labute approximate surface area is 85.5 Å². The van der Waals surface area contributed by atoms with Crippen LogP contribution in [-0.4, -0.2) is 7.11 Å². The van der Waals surface area contributed by atoms with Crippen LogP contribution in [0, 0.1) is 13.8 Å². The maximum Gasteiger partial charge on any atom is 0.123 e. The lowest BCUT2D eigenvalue weighted by Gasteiger charge is -2.09. The van der Waals surface area contributed by atoms with Crippen LogP contribution in [0.25, 0.3) is 0 Å². The molecule has 0 radical (unpaired) electrons. The quantitative estimate of drug-likeness (QED) is 0.796. The third-order valence-electron chi connectivity index (χ3n) is 2.12. The largest absolute Gasteiger partial charge is 0.496 e. The Hall–Kier alpha value is -0.730. The van der Waals surface area contributed by atoms with Crippen LogP contribution >= 0.6 is 12.4 Å². The van der Waals surface area contributed by atoms with Crippen molar-refractivity contribution in [3.05, 3.63) is 28.8 Å². The van der Waals surface area contributed by atoms with Crippen LogP contribution in [0.4, 0.5) is 0 Å². The predicted molar refractivity (Wildman–Crippen MR) is 57.6 cm³/mol. The summed E-state index contributed by atoms with van der Waals surface area (Å²) in [5.74, 6) is 0.889. The fourth-order valence-electron chi connectivity index (χ4n) is 1.20. The van der Waals surface area contributed by atoms with E-state index in [4.69, 9.17) is 10.5 Å². The van der Waals surface area contributed by atoms with Gasteiger partial charge >= 0.3 is 0 Å². The van der Waals surface area contributed by atoms with Crippen LogP contribution in [0.2, 0.25) is 0 Å². The van der Waals surface area contributed by atoms with Crippen LogP contribution in [0.3, 0.4) is 0 Å². The van der Waals surface area contributed by atoms with E-state index in [2.05, 4.69) is 19.9 Å². The van der Waals surface area contributed by atoms with Crippen molar-refractivity contribution in [2.75, 3.05) is 7.11 Å². The zero-order valence-corrected chi connectivity index (χ0v) is 9.07. The second-order valence-electron chi connectivity index (χ2n) is 2.95. The zero-order valence-electron chi connectivity index (χ0n) is 8.26. The first-order valence-electron chi connectivity index (χ1n) is 4.03. The molecule has 0 atom stereocenters. The molecule has 0 heterocycles. The van der Waals surface area contributed by atoms with E-state index in [-0.39, 0.29) is 12.4 Å². The third-order valence-corrected chi connectivity index (χ3v) is 2.12. The van der Waals surface area contributed by atoms with Gasteiger partial charge in [0.1, 0.15) is 5.75 Å². The fraction of sp³-hybridized carbons (Fsp3) is 0.400. The number of hydrogen-bond donors (Lipinski definition) is 1. The van der Waals surface area contributed by atoms with Gasteiger partial charge in [-0.05, 0) is 31.0 Å². The molecule has 1 rings (SSSR count). The summed E-state index contributed by atoms with van der Waals surface area (Å²) in [6.45, 7) is 4.68. The lowest BCUT2D eigenvalue weighted by molar-refractivity contribution is 0.409. The van der Waals surface area contributed by atoms with Gasteiger partial charge in [-0.15, -0.1) is 12.4 Å². The summed E-state index contributed by atoms with van der Waals surface area (Å²) in [5, 5.41) is 0. The molecule has 1 aromatic carbocycles. The fourth-order valence-corrected chi connectivity index (χ4v) is 1.20. The average Bonchev–Trinajstić information content (AvgIpc) is 2.09. The van der Waals surface area contributed by atoms with Gasteiger partial charge in [0.25, 0.3) is 0 Å². The van der Waals surface area contributed by atoms with Gasteiger partial charge in [-0.25, -0.2) is 0 Å². The minimum absolute atomic E-state index is 0. The Morgan fingerprint density at radius 3 is 2.23 bits per heavy atom. The van der Waals surface area contributed by atoms with E-state index in [1.165, 1.54) is 11.1 Å². The number of hydrogen-bond acceptors (Lipinski definition) is 2. The van der Waals surface area contributed by atoms with Gasteiger partial charge in [-0.3, -0.25) is 0 Å². The van der Waals surface area contributed by atoms with Gasteiger partial charge in [0.05, 0.1) is 7.11 Å². The predicted octanol–water partition coefficient (Wildman–Crippen LogP) is 2.19. The first-order chi connectivity index (χ1) is 5.69. The van der Waals surface area contributed by atoms with Gasteiger partial charge in [0, 0.05) is 12.1 Å². The molecule has 0 aliphatic carbocycles. The van der Waals surface area contributed by atoms with Crippen molar-refractivity contribution in [3.8, 4) is 5.75 Å². The molecule has 0 aliphatic rings. The molecule has 2 N–H and O–H groups in total. The minimum atomic E-state index is 0. The zero-order chi connectivity index (χ0) is 9.14. The Morgan fingerprint density at radius 2 is 1.77 bits per heavy atom. The minimum Gasteiger partial charge on any atom is -0.496 e. The number of nitrogens with two attached hydrogens (primary N) is 1. The summed E-state index contributed by atoms with van der Waals surface area (Å²) in [4.78, 5) is 0. The van der Waals surface area contributed by atoms with E-state index in [1.54, 1.807) is 7.11 Å². The van der Waals surface area contributed by atoms with Gasteiger partial charge in [-0.2, -0.15) is 0 Å². The Balaban J connectivity index is 0.00000144. The molecule has 0 aliphatic heterocycles. The number of ether oxygens (including phenoxy) is 1. The van der Waals surface area contributed by atoms with E-state index < -0.39 is 0 Å². The van der Waals surface area contributed by atoms with Crippen molar-refractivity contribution in [3.63, 3.8) is 0 Å². The Kier molecular flexibility index (Phi) is 4.81. The summed E-state index contributed by atoms with van der Waals surface area (Å²) in [7, 11) is 1.67. The maximum absolute atomic E-state index is 5.57. The summed E-state index contributed by atoms with van der Waals surface area (Å²) in [6, 6.07) is 4.10. The summed E-state index contributed by atoms with van der Waals surface area (Å²) < 4.78 is 5.19. The summed E-state index contributed by atoms with van der Waals surface area (Å²) in [6.07, 6.45) is 0. The molecule has 0 spiro atoms. The van der Waals surface area contributed by atoms with E-state index in [9.17, 15) is 0 Å². The monoisotopic (exact) mass is 201 g/mol. The molecule has 0 amide bonds. The molecule has 1 aromatic rings. The van der Waals surface area contributed by atoms with Crippen molar-refractivity contribution in [2.24, 2.45) is 5.73 Å². The summed E-state index contributed by atoms with van der Waals surface area (Å²) >= 11 is 0. The van der Waals surface area contributed by atoms with Crippen LogP contribution < -0.4 is 10.5 Å². The topological polar surface area (TPSA) is 35.2 Å². The first-order valence-corrected chi connectivity index (χ1v) is 4.03. The molecule has 0 bridgehead atoms. The molecule has 13 heavy (non-hydrogen) atoms. The van der Waals surface area contributed by atoms with Gasteiger partial charge in [-0.1, -0.05) is 6.07 Å². The van der Waals surface area contributed by atoms with Gasteiger partial charge < -0.3 is 10.5 Å². The average molecular weight is 202 g/mol. The van der Waals surface area contributed by atoms with E-state index >= 15 is 0 Å². The smallest absolute Gasteiger partial charge is 0.123 e. The van der Waals surface area contributed by atoms with Crippen LogP contribution in [0.1, 0.15) is 16.7 Å². The van der Waals surface area contributed by atoms with Crippen molar-refractivity contribution in [1.29, 1.82) is 0 Å². The van der Waals surface area contributed by atoms with E-state index in [1.807, 2.05) is 6.07 Å². The number of aryl methyl sites for hydroxylation is 2. The number of benzene rings is 1. The lowest BCUT2D eigenvalue weighted by Crippen LogP contribution is -2.01. The van der Waals surface area contributed by atoms with Gasteiger partial charge in [0.2, 0.25) is 0 Å². The molecular formula is C10H16ClNO. The Morgan fingerprint density at radius 1 is 1.23 bits per heavy atom. The second-order valence-corrected chi connectivity index (χ2v) is 2.95. The van der Waals surface area contributed by atoms with E-state index in [0.717, 1.165) is 11.3 Å². The molecule has 74 valence electrons. The lowest BCUT2D eigenvalue weighted by atomic mass is 10.1. The maximum atomic E-state index is 5.57. The molecule has 0 fully saturated rings. The van der Waals surface area contributed by atoms with Crippen molar-refractivity contribution in [1.82, 2.24) is 0 Å². The molecule has 0 unspecified atom stereocenters. The highest BCUT2D eigenvalue weighted by atomic mass is 35.5. The molecule has 2 nitrogen and oxygen atoms in total. The van der Waals surface area contributed by atoms with Gasteiger partial charge in [0.15, 0.2) is 0 Å². The van der Waals surface area contributed by atoms with Crippen LogP contribution in [-0.2, 0) is 6.54 Å². The van der Waals surface area contributed by atoms with Crippen LogP contribution in [0.15, 0.2) is 12.1 Å². The Bertz CT molecular complexity index is 257. The second kappa shape index (κ2) is 5.10. The van der Waals surface area contributed by atoms with E-state index in [0.29, 0.717) is 6.54 Å². The van der Waals surface area contributed by atoms with Crippen molar-refractivity contribution >= 4 is 12.4 Å². The number of halogens is 1. The highest BCUT2D eigenvalue weighted by Crippen LogP contribution is 2.22. The number of rotatable bonds is 2. The van der Waals surface area contributed by atoms with Crippen molar-refractivity contribution < 1.29 is 4.74 Å².